The molecule has 1 aliphatic rings. The minimum Gasteiger partial charge on any atom is -0.326 e. The highest BCUT2D eigenvalue weighted by Gasteiger charge is 2.34. The first-order chi connectivity index (χ1) is 7.99. The molecule has 1 aromatic rings. The van der Waals surface area contributed by atoms with Crippen LogP contribution in [0.1, 0.15) is 43.0 Å². The number of hydrogen-bond donors (Lipinski definition) is 1. The van der Waals surface area contributed by atoms with Crippen molar-refractivity contribution in [2.75, 3.05) is 6.54 Å². The molecule has 0 aromatic carbocycles. The molecule has 96 valence electrons. The van der Waals surface area contributed by atoms with Crippen LogP contribution in [0.3, 0.4) is 0 Å². The first-order valence-electron chi connectivity index (χ1n) is 6.56. The van der Waals surface area contributed by atoms with Crippen LogP contribution < -0.4 is 5.73 Å². The molecule has 0 saturated carbocycles. The number of hydrogen-bond acceptors (Lipinski definition) is 3. The Morgan fingerprint density at radius 2 is 2.12 bits per heavy atom. The van der Waals surface area contributed by atoms with Crippen molar-refractivity contribution in [3.63, 3.8) is 0 Å². The Morgan fingerprint density at radius 1 is 1.41 bits per heavy atom. The van der Waals surface area contributed by atoms with Gasteiger partial charge < -0.3 is 5.73 Å². The van der Waals surface area contributed by atoms with E-state index < -0.39 is 0 Å². The molecular formula is C14H24N2S. The Morgan fingerprint density at radius 3 is 2.53 bits per heavy atom. The fourth-order valence-corrected chi connectivity index (χ4v) is 4.17. The van der Waals surface area contributed by atoms with E-state index in [-0.39, 0.29) is 6.04 Å². The Balaban J connectivity index is 2.24. The van der Waals surface area contributed by atoms with E-state index in [2.05, 4.69) is 44.7 Å². The van der Waals surface area contributed by atoms with Gasteiger partial charge >= 0.3 is 0 Å². The van der Waals surface area contributed by atoms with Crippen LogP contribution in [0.2, 0.25) is 0 Å². The van der Waals surface area contributed by atoms with Crippen molar-refractivity contribution in [2.24, 2.45) is 11.7 Å². The topological polar surface area (TPSA) is 29.3 Å². The van der Waals surface area contributed by atoms with E-state index >= 15 is 0 Å². The number of rotatable bonds is 3. The summed E-state index contributed by atoms with van der Waals surface area (Å²) in [6, 6.07) is 5.71. The van der Waals surface area contributed by atoms with Gasteiger partial charge in [-0.3, -0.25) is 4.90 Å². The smallest absolute Gasteiger partial charge is 0.0593 e. The molecule has 4 atom stereocenters. The molecule has 0 radical (unpaired) electrons. The molecule has 2 nitrogen and oxygen atoms in total. The van der Waals surface area contributed by atoms with Crippen molar-refractivity contribution in [2.45, 2.75) is 52.2 Å². The fraction of sp³-hybridized carbons (Fsp3) is 0.714. The van der Waals surface area contributed by atoms with E-state index in [4.69, 9.17) is 5.73 Å². The molecule has 0 amide bonds. The molecule has 2 N–H and O–H groups in total. The van der Waals surface area contributed by atoms with Crippen LogP contribution in [0, 0.1) is 12.8 Å². The van der Waals surface area contributed by atoms with Crippen molar-refractivity contribution in [1.29, 1.82) is 0 Å². The zero-order valence-corrected chi connectivity index (χ0v) is 12.1. The number of aryl methyl sites for hydroxylation is 1. The molecule has 17 heavy (non-hydrogen) atoms. The van der Waals surface area contributed by atoms with Gasteiger partial charge in [0.25, 0.3) is 0 Å². The van der Waals surface area contributed by atoms with Gasteiger partial charge in [-0.25, -0.2) is 0 Å². The molecular weight excluding hydrogens is 228 g/mol. The second-order valence-electron chi connectivity index (χ2n) is 5.64. The van der Waals surface area contributed by atoms with Gasteiger partial charge in [-0.1, -0.05) is 6.92 Å². The molecule has 0 bridgehead atoms. The number of thiophene rings is 1. The van der Waals surface area contributed by atoms with E-state index in [1.165, 1.54) is 22.7 Å². The normalized spacial score (nSPS) is 29.5. The quantitative estimate of drug-likeness (QED) is 0.895. The van der Waals surface area contributed by atoms with Crippen LogP contribution in [0.4, 0.5) is 0 Å². The Bertz CT molecular complexity index is 372. The first kappa shape index (κ1) is 13.1. The largest absolute Gasteiger partial charge is 0.326 e. The third kappa shape index (κ3) is 2.72. The van der Waals surface area contributed by atoms with Gasteiger partial charge in [-0.15, -0.1) is 11.3 Å². The zero-order chi connectivity index (χ0) is 12.6. The monoisotopic (exact) mass is 252 g/mol. The van der Waals surface area contributed by atoms with Crippen molar-refractivity contribution in [1.82, 2.24) is 4.90 Å². The lowest BCUT2D eigenvalue weighted by atomic mass is 10.1. The summed E-state index contributed by atoms with van der Waals surface area (Å²) in [5.41, 5.74) is 6.23. The fourth-order valence-electron chi connectivity index (χ4n) is 3.06. The Labute approximate surface area is 109 Å². The van der Waals surface area contributed by atoms with Gasteiger partial charge in [0.2, 0.25) is 0 Å². The summed E-state index contributed by atoms with van der Waals surface area (Å²) in [6.07, 6.45) is 1.30. The van der Waals surface area contributed by atoms with Crippen LogP contribution >= 0.6 is 11.3 Å². The molecule has 3 heteroatoms. The highest BCUT2D eigenvalue weighted by molar-refractivity contribution is 7.12. The van der Waals surface area contributed by atoms with Crippen molar-refractivity contribution in [3.05, 3.63) is 21.9 Å². The standard InChI is InChI=1S/C14H24N2S/c1-9-7-10(2)16(8-9)14(12(4)15)13-6-5-11(3)17-13/h5-6,9-10,12,14H,7-8,15H2,1-4H3. The van der Waals surface area contributed by atoms with Crippen molar-refractivity contribution >= 4 is 11.3 Å². The highest BCUT2D eigenvalue weighted by Crippen LogP contribution is 2.36. The molecule has 0 aliphatic carbocycles. The maximum absolute atomic E-state index is 6.23. The van der Waals surface area contributed by atoms with E-state index in [0.29, 0.717) is 12.1 Å². The van der Waals surface area contributed by atoms with Crippen LogP contribution in [0.15, 0.2) is 12.1 Å². The SMILES string of the molecule is Cc1ccc(C(C(C)N)N2CC(C)CC2C)s1. The summed E-state index contributed by atoms with van der Waals surface area (Å²) < 4.78 is 0. The van der Waals surface area contributed by atoms with Gasteiger partial charge in [0, 0.05) is 28.4 Å². The first-order valence-corrected chi connectivity index (χ1v) is 7.38. The molecule has 2 heterocycles. The van der Waals surface area contributed by atoms with E-state index in [0.717, 1.165) is 5.92 Å². The summed E-state index contributed by atoms with van der Waals surface area (Å²) in [4.78, 5) is 5.41. The van der Waals surface area contributed by atoms with Crippen molar-refractivity contribution in [3.8, 4) is 0 Å². The molecule has 1 aliphatic heterocycles. The van der Waals surface area contributed by atoms with Crippen LogP contribution in [0.25, 0.3) is 0 Å². The van der Waals surface area contributed by atoms with E-state index in [1.807, 2.05) is 11.3 Å². The highest BCUT2D eigenvalue weighted by atomic mass is 32.1. The summed E-state index contributed by atoms with van der Waals surface area (Å²) in [6.45, 7) is 10.2. The Hall–Kier alpha value is -0.380. The third-order valence-corrected chi connectivity index (χ3v) is 4.81. The minimum absolute atomic E-state index is 0.195. The van der Waals surface area contributed by atoms with Crippen LogP contribution in [0.5, 0.6) is 0 Å². The lowest BCUT2D eigenvalue weighted by Crippen LogP contribution is -2.41. The van der Waals surface area contributed by atoms with Crippen LogP contribution in [-0.4, -0.2) is 23.5 Å². The average Bonchev–Trinajstić information content (AvgIpc) is 2.75. The van der Waals surface area contributed by atoms with Gasteiger partial charge in [-0.05, 0) is 45.2 Å². The molecule has 1 fully saturated rings. The summed E-state index contributed by atoms with van der Waals surface area (Å²) >= 11 is 1.89. The van der Waals surface area contributed by atoms with Gasteiger partial charge in [-0.2, -0.15) is 0 Å². The summed E-state index contributed by atoms with van der Waals surface area (Å²) in [5.74, 6) is 0.798. The number of likely N-dealkylation sites (tertiary alicyclic amines) is 1. The lowest BCUT2D eigenvalue weighted by molar-refractivity contribution is 0.170. The Kier molecular flexibility index (Phi) is 3.91. The minimum atomic E-state index is 0.195. The maximum atomic E-state index is 6.23. The van der Waals surface area contributed by atoms with E-state index in [1.54, 1.807) is 0 Å². The molecule has 4 unspecified atom stereocenters. The number of nitrogens with two attached hydrogens (primary N) is 1. The summed E-state index contributed by atoms with van der Waals surface area (Å²) in [5, 5.41) is 0. The number of nitrogens with zero attached hydrogens (tertiary/aromatic N) is 1. The molecule has 0 spiro atoms. The average molecular weight is 252 g/mol. The lowest BCUT2D eigenvalue weighted by Gasteiger charge is -2.33. The van der Waals surface area contributed by atoms with Gasteiger partial charge in [0.1, 0.15) is 0 Å². The van der Waals surface area contributed by atoms with Gasteiger partial charge in [0.05, 0.1) is 6.04 Å². The second kappa shape index (κ2) is 5.09. The van der Waals surface area contributed by atoms with Crippen molar-refractivity contribution < 1.29 is 0 Å². The predicted molar refractivity (Wildman–Crippen MR) is 75.4 cm³/mol. The third-order valence-electron chi connectivity index (χ3n) is 3.74. The molecule has 2 rings (SSSR count). The van der Waals surface area contributed by atoms with E-state index in [9.17, 15) is 0 Å². The molecule has 1 aromatic heterocycles. The predicted octanol–water partition coefficient (Wildman–Crippen LogP) is 3.18. The maximum Gasteiger partial charge on any atom is 0.0593 e. The second-order valence-corrected chi connectivity index (χ2v) is 6.96. The summed E-state index contributed by atoms with van der Waals surface area (Å²) in [7, 11) is 0. The molecule has 1 saturated heterocycles. The van der Waals surface area contributed by atoms with Gasteiger partial charge in [0.15, 0.2) is 0 Å². The van der Waals surface area contributed by atoms with Crippen LogP contribution in [-0.2, 0) is 0 Å². The zero-order valence-electron chi connectivity index (χ0n) is 11.3.